The van der Waals surface area contributed by atoms with Crippen molar-refractivity contribution in [2.75, 3.05) is 16.8 Å². The van der Waals surface area contributed by atoms with Gasteiger partial charge < -0.3 is 14.8 Å². The van der Waals surface area contributed by atoms with Crippen LogP contribution in [0.15, 0.2) is 72.9 Å². The van der Waals surface area contributed by atoms with Crippen molar-refractivity contribution >= 4 is 23.4 Å². The topological polar surface area (TPSA) is 60.5 Å². The molecule has 6 heteroatoms. The number of pyridine rings is 1. The molecule has 5 nitrogen and oxygen atoms in total. The lowest BCUT2D eigenvalue weighted by atomic mass is 10.2. The Kier molecular flexibility index (Phi) is 5.77. The van der Waals surface area contributed by atoms with Gasteiger partial charge in [-0.1, -0.05) is 30.3 Å². The van der Waals surface area contributed by atoms with Crippen molar-refractivity contribution < 1.29 is 14.3 Å². The number of carbonyl (C=O) groups is 1. The molecule has 3 aromatic rings. The summed E-state index contributed by atoms with van der Waals surface area (Å²) in [5.41, 5.74) is 1.09. The van der Waals surface area contributed by atoms with Gasteiger partial charge in [-0.2, -0.15) is 11.8 Å². The van der Waals surface area contributed by atoms with Crippen LogP contribution in [0.2, 0.25) is 0 Å². The number of hydrogen-bond acceptors (Lipinski definition) is 5. The third-order valence-corrected chi connectivity index (χ3v) is 5.41. The predicted molar refractivity (Wildman–Crippen MR) is 112 cm³/mol. The fourth-order valence-electron chi connectivity index (χ4n) is 2.86. The number of nitrogens with one attached hydrogen (secondary N) is 1. The van der Waals surface area contributed by atoms with Gasteiger partial charge in [0.2, 0.25) is 5.88 Å². The standard InChI is InChI=1S/C22H20N2O3S/c25-22(16-10-12-23-21(14-16)27-18-11-13-28-15-18)24-19-8-4-5-9-20(19)26-17-6-2-1-3-7-17/h1-10,12,14,18H,11,13,15H2,(H,24,25). The summed E-state index contributed by atoms with van der Waals surface area (Å²) >= 11 is 1.87. The van der Waals surface area contributed by atoms with E-state index in [1.807, 2.05) is 66.4 Å². The second-order valence-corrected chi connectivity index (χ2v) is 7.50. The van der Waals surface area contributed by atoms with Crippen LogP contribution in [0.1, 0.15) is 16.8 Å². The van der Waals surface area contributed by atoms with Crippen LogP contribution in [0.5, 0.6) is 17.4 Å². The number of anilines is 1. The minimum absolute atomic E-state index is 0.163. The number of benzene rings is 2. The van der Waals surface area contributed by atoms with Gasteiger partial charge in [-0.3, -0.25) is 4.79 Å². The van der Waals surface area contributed by atoms with Gasteiger partial charge in [0.05, 0.1) is 5.69 Å². The van der Waals surface area contributed by atoms with Crippen molar-refractivity contribution in [2.24, 2.45) is 0 Å². The van der Waals surface area contributed by atoms with Crippen molar-refractivity contribution in [2.45, 2.75) is 12.5 Å². The Balaban J connectivity index is 1.48. The quantitative estimate of drug-likeness (QED) is 0.639. The highest BCUT2D eigenvalue weighted by molar-refractivity contribution is 7.99. The first-order valence-corrected chi connectivity index (χ1v) is 10.3. The summed E-state index contributed by atoms with van der Waals surface area (Å²) in [6, 6.07) is 20.2. The summed E-state index contributed by atoms with van der Waals surface area (Å²) in [6.07, 6.45) is 2.77. The molecule has 4 rings (SSSR count). The van der Waals surface area contributed by atoms with Crippen LogP contribution in [0, 0.1) is 0 Å². The van der Waals surface area contributed by atoms with E-state index >= 15 is 0 Å². The number of amides is 1. The SMILES string of the molecule is O=C(Nc1ccccc1Oc1ccccc1)c1ccnc(OC2CCSC2)c1. The van der Waals surface area contributed by atoms with Crippen molar-refractivity contribution in [3.05, 3.63) is 78.5 Å². The molecule has 1 amide bonds. The molecule has 0 saturated carbocycles. The van der Waals surface area contributed by atoms with Crippen molar-refractivity contribution in [1.82, 2.24) is 4.98 Å². The van der Waals surface area contributed by atoms with E-state index in [4.69, 9.17) is 9.47 Å². The zero-order valence-corrected chi connectivity index (χ0v) is 16.0. The lowest BCUT2D eigenvalue weighted by Gasteiger charge is -2.14. The van der Waals surface area contributed by atoms with Crippen LogP contribution < -0.4 is 14.8 Å². The maximum atomic E-state index is 12.8. The van der Waals surface area contributed by atoms with E-state index in [0.29, 0.717) is 28.6 Å². The molecule has 1 atom stereocenters. The summed E-state index contributed by atoms with van der Waals surface area (Å²) in [7, 11) is 0. The number of ether oxygens (including phenoxy) is 2. The Morgan fingerprint density at radius 2 is 1.89 bits per heavy atom. The van der Waals surface area contributed by atoms with Crippen LogP contribution in [-0.2, 0) is 0 Å². The van der Waals surface area contributed by atoms with Crippen molar-refractivity contribution in [3.8, 4) is 17.4 Å². The predicted octanol–water partition coefficient (Wildman–Crippen LogP) is 5.01. The lowest BCUT2D eigenvalue weighted by molar-refractivity contribution is 0.102. The molecule has 1 aliphatic rings. The number of para-hydroxylation sites is 3. The molecule has 1 saturated heterocycles. The monoisotopic (exact) mass is 392 g/mol. The fraction of sp³-hybridized carbons (Fsp3) is 0.182. The molecule has 1 aromatic heterocycles. The lowest BCUT2D eigenvalue weighted by Crippen LogP contribution is -2.17. The third-order valence-electron chi connectivity index (χ3n) is 4.28. The summed E-state index contributed by atoms with van der Waals surface area (Å²) in [4.78, 5) is 17.0. The van der Waals surface area contributed by atoms with Crippen LogP contribution >= 0.6 is 11.8 Å². The zero-order valence-electron chi connectivity index (χ0n) is 15.2. The van der Waals surface area contributed by atoms with E-state index in [9.17, 15) is 4.79 Å². The van der Waals surface area contributed by atoms with Gasteiger partial charge in [0.15, 0.2) is 5.75 Å². The van der Waals surface area contributed by atoms with Gasteiger partial charge in [0.1, 0.15) is 11.9 Å². The Morgan fingerprint density at radius 3 is 2.71 bits per heavy atom. The van der Waals surface area contributed by atoms with Crippen LogP contribution in [0.3, 0.4) is 0 Å². The first kappa shape index (κ1) is 18.4. The summed E-state index contributed by atoms with van der Waals surface area (Å²) in [5.74, 6) is 3.59. The first-order valence-electron chi connectivity index (χ1n) is 9.12. The Labute approximate surface area is 168 Å². The highest BCUT2D eigenvalue weighted by Gasteiger charge is 2.18. The molecular weight excluding hydrogens is 372 g/mol. The highest BCUT2D eigenvalue weighted by atomic mass is 32.2. The first-order chi connectivity index (χ1) is 13.8. The molecule has 0 spiro atoms. The molecule has 142 valence electrons. The van der Waals surface area contributed by atoms with E-state index in [-0.39, 0.29) is 12.0 Å². The zero-order chi connectivity index (χ0) is 19.2. The van der Waals surface area contributed by atoms with Crippen LogP contribution in [0.4, 0.5) is 5.69 Å². The average Bonchev–Trinajstić information content (AvgIpc) is 3.23. The second kappa shape index (κ2) is 8.80. The number of carbonyl (C=O) groups excluding carboxylic acids is 1. The van der Waals surface area contributed by atoms with Gasteiger partial charge in [0, 0.05) is 23.6 Å². The number of hydrogen-bond donors (Lipinski definition) is 1. The largest absolute Gasteiger partial charge is 0.473 e. The maximum absolute atomic E-state index is 12.8. The average molecular weight is 392 g/mol. The minimum atomic E-state index is -0.239. The second-order valence-electron chi connectivity index (χ2n) is 6.35. The van der Waals surface area contributed by atoms with E-state index in [2.05, 4.69) is 10.3 Å². The molecule has 2 aromatic carbocycles. The molecular formula is C22H20N2O3S. The van der Waals surface area contributed by atoms with Crippen LogP contribution in [-0.4, -0.2) is 28.5 Å². The molecule has 0 aliphatic carbocycles. The van der Waals surface area contributed by atoms with Gasteiger partial charge in [-0.25, -0.2) is 4.98 Å². The maximum Gasteiger partial charge on any atom is 0.256 e. The summed E-state index contributed by atoms with van der Waals surface area (Å²) in [5, 5.41) is 2.92. The van der Waals surface area contributed by atoms with Gasteiger partial charge in [-0.05, 0) is 42.5 Å². The van der Waals surface area contributed by atoms with E-state index in [1.165, 1.54) is 0 Å². The minimum Gasteiger partial charge on any atom is -0.473 e. The normalized spacial score (nSPS) is 15.8. The molecule has 1 unspecified atom stereocenters. The van der Waals surface area contributed by atoms with E-state index in [1.54, 1.807) is 18.3 Å². The number of rotatable bonds is 6. The van der Waals surface area contributed by atoms with Gasteiger partial charge in [0.25, 0.3) is 5.91 Å². The number of nitrogens with zero attached hydrogens (tertiary/aromatic N) is 1. The molecule has 2 heterocycles. The molecule has 0 radical (unpaired) electrons. The number of aromatic nitrogens is 1. The molecule has 1 fully saturated rings. The smallest absolute Gasteiger partial charge is 0.256 e. The Hall–Kier alpha value is -2.99. The van der Waals surface area contributed by atoms with Crippen molar-refractivity contribution in [1.29, 1.82) is 0 Å². The van der Waals surface area contributed by atoms with Crippen LogP contribution in [0.25, 0.3) is 0 Å². The molecule has 28 heavy (non-hydrogen) atoms. The van der Waals surface area contributed by atoms with Crippen molar-refractivity contribution in [3.63, 3.8) is 0 Å². The van der Waals surface area contributed by atoms with Gasteiger partial charge >= 0.3 is 0 Å². The fourth-order valence-corrected chi connectivity index (χ4v) is 3.95. The number of thioether (sulfide) groups is 1. The molecule has 0 bridgehead atoms. The molecule has 1 aliphatic heterocycles. The van der Waals surface area contributed by atoms with E-state index < -0.39 is 0 Å². The Morgan fingerprint density at radius 1 is 1.07 bits per heavy atom. The van der Waals surface area contributed by atoms with E-state index in [0.717, 1.165) is 17.9 Å². The summed E-state index contributed by atoms with van der Waals surface area (Å²) < 4.78 is 11.8. The summed E-state index contributed by atoms with van der Waals surface area (Å²) in [6.45, 7) is 0. The molecule has 1 N–H and O–H groups in total. The third kappa shape index (κ3) is 4.64. The Bertz CT molecular complexity index is 943. The highest BCUT2D eigenvalue weighted by Crippen LogP contribution is 2.29. The van der Waals surface area contributed by atoms with Gasteiger partial charge in [-0.15, -0.1) is 0 Å².